The highest BCUT2D eigenvalue weighted by Crippen LogP contribution is 2.30. The van der Waals surface area contributed by atoms with Crippen molar-refractivity contribution < 1.29 is 0 Å². The molecule has 0 fully saturated rings. The van der Waals surface area contributed by atoms with Crippen LogP contribution in [0.3, 0.4) is 0 Å². The first-order chi connectivity index (χ1) is 13.7. The molecule has 136 valence electrons. The number of rotatable bonds is 3. The minimum absolute atomic E-state index is 0.967. The summed E-state index contributed by atoms with van der Waals surface area (Å²) in [5, 5.41) is 0. The van der Waals surface area contributed by atoms with E-state index in [0.717, 1.165) is 33.8 Å². The van der Waals surface area contributed by atoms with Crippen LogP contribution in [0.25, 0.3) is 44.9 Å². The van der Waals surface area contributed by atoms with Gasteiger partial charge >= 0.3 is 0 Å². The predicted molar refractivity (Wildman–Crippen MR) is 114 cm³/mol. The van der Waals surface area contributed by atoms with Gasteiger partial charge in [-0.25, -0.2) is 9.97 Å². The number of nitrogens with zero attached hydrogens (tertiary/aromatic N) is 4. The average molecular weight is 364 g/mol. The Morgan fingerprint density at radius 1 is 0.679 bits per heavy atom. The van der Waals surface area contributed by atoms with Gasteiger partial charge < -0.3 is 9.13 Å². The van der Waals surface area contributed by atoms with Crippen LogP contribution in [0.2, 0.25) is 0 Å². The fraction of sp³-hybridized carbons (Fsp3) is 0.0833. The minimum atomic E-state index is 0.967. The summed E-state index contributed by atoms with van der Waals surface area (Å²) in [6, 6.07) is 25.3. The molecule has 3 aromatic carbocycles. The highest BCUT2D eigenvalue weighted by molar-refractivity contribution is 5.86. The maximum atomic E-state index is 4.84. The Bertz CT molecular complexity index is 1280. The minimum Gasteiger partial charge on any atom is -0.334 e. The lowest BCUT2D eigenvalue weighted by Gasteiger charge is -2.07. The van der Waals surface area contributed by atoms with Crippen molar-refractivity contribution >= 4 is 11.0 Å². The molecule has 5 rings (SSSR count). The Labute approximate surface area is 163 Å². The first-order valence-electron chi connectivity index (χ1n) is 9.31. The SMILES string of the molecule is Cn1ccnc1-c1cccc(-c2ccc3nc(-c4ccccc4)n(C)c3c2)c1. The summed E-state index contributed by atoms with van der Waals surface area (Å²) >= 11 is 0. The second kappa shape index (κ2) is 6.50. The Kier molecular flexibility index (Phi) is 3.83. The van der Waals surface area contributed by atoms with Crippen LogP contribution in [-0.2, 0) is 14.1 Å². The molecule has 28 heavy (non-hydrogen) atoms. The van der Waals surface area contributed by atoms with Crippen LogP contribution in [0.5, 0.6) is 0 Å². The van der Waals surface area contributed by atoms with E-state index in [9.17, 15) is 0 Å². The van der Waals surface area contributed by atoms with E-state index < -0.39 is 0 Å². The van der Waals surface area contributed by atoms with E-state index in [-0.39, 0.29) is 0 Å². The molecule has 0 aliphatic heterocycles. The second-order valence-corrected chi connectivity index (χ2v) is 7.01. The van der Waals surface area contributed by atoms with Crippen molar-refractivity contribution in [3.05, 3.63) is 85.2 Å². The van der Waals surface area contributed by atoms with Gasteiger partial charge in [0, 0.05) is 37.6 Å². The molecule has 0 saturated heterocycles. The number of benzene rings is 3. The van der Waals surface area contributed by atoms with Gasteiger partial charge in [0.25, 0.3) is 0 Å². The standard InChI is InChI=1S/C24H20N4/c1-27-14-13-25-23(27)20-10-6-9-18(15-20)19-11-12-21-22(16-19)28(2)24(26-21)17-7-4-3-5-8-17/h3-16H,1-2H3. The number of hydrogen-bond acceptors (Lipinski definition) is 2. The van der Waals surface area contributed by atoms with Crippen LogP contribution < -0.4 is 0 Å². The van der Waals surface area contributed by atoms with Gasteiger partial charge in [0.2, 0.25) is 0 Å². The second-order valence-electron chi connectivity index (χ2n) is 7.01. The van der Waals surface area contributed by atoms with E-state index in [1.54, 1.807) is 0 Å². The van der Waals surface area contributed by atoms with E-state index >= 15 is 0 Å². The average Bonchev–Trinajstić information content (AvgIpc) is 3.32. The zero-order valence-electron chi connectivity index (χ0n) is 15.9. The molecule has 0 aliphatic rings. The summed E-state index contributed by atoms with van der Waals surface area (Å²) in [7, 11) is 4.09. The fourth-order valence-electron chi connectivity index (χ4n) is 3.70. The van der Waals surface area contributed by atoms with Crippen LogP contribution in [0.15, 0.2) is 85.2 Å². The van der Waals surface area contributed by atoms with Gasteiger partial charge in [0.1, 0.15) is 11.6 Å². The van der Waals surface area contributed by atoms with Crippen molar-refractivity contribution in [2.45, 2.75) is 0 Å². The van der Waals surface area contributed by atoms with E-state index in [1.165, 1.54) is 11.1 Å². The van der Waals surface area contributed by atoms with Crippen molar-refractivity contribution in [3.63, 3.8) is 0 Å². The summed E-state index contributed by atoms with van der Waals surface area (Å²) in [6.45, 7) is 0. The van der Waals surface area contributed by atoms with Gasteiger partial charge in [0.05, 0.1) is 11.0 Å². The molecule has 0 N–H and O–H groups in total. The molecule has 0 unspecified atom stereocenters. The fourth-order valence-corrected chi connectivity index (χ4v) is 3.70. The third-order valence-electron chi connectivity index (χ3n) is 5.19. The lowest BCUT2D eigenvalue weighted by atomic mass is 10.0. The Hall–Kier alpha value is -3.66. The molecule has 5 aromatic rings. The molecule has 0 amide bonds. The first kappa shape index (κ1) is 16.5. The monoisotopic (exact) mass is 364 g/mol. The van der Waals surface area contributed by atoms with Crippen LogP contribution >= 0.6 is 0 Å². The Morgan fingerprint density at radius 2 is 1.43 bits per heavy atom. The zero-order chi connectivity index (χ0) is 19.1. The van der Waals surface area contributed by atoms with Gasteiger partial charge in [-0.3, -0.25) is 0 Å². The van der Waals surface area contributed by atoms with Crippen molar-refractivity contribution in [2.24, 2.45) is 14.1 Å². The summed E-state index contributed by atoms with van der Waals surface area (Å²) in [6.07, 6.45) is 3.80. The largest absolute Gasteiger partial charge is 0.334 e. The third kappa shape index (κ3) is 2.70. The molecule has 0 spiro atoms. The number of hydrogen-bond donors (Lipinski definition) is 0. The van der Waals surface area contributed by atoms with Crippen molar-refractivity contribution in [3.8, 4) is 33.9 Å². The molecule has 0 saturated carbocycles. The maximum Gasteiger partial charge on any atom is 0.140 e. The number of aromatic nitrogens is 4. The molecular formula is C24H20N4. The molecule has 2 aromatic heterocycles. The smallest absolute Gasteiger partial charge is 0.140 e. The van der Waals surface area contributed by atoms with Crippen LogP contribution in [0.4, 0.5) is 0 Å². The Morgan fingerprint density at radius 3 is 2.21 bits per heavy atom. The van der Waals surface area contributed by atoms with Gasteiger partial charge in [0.15, 0.2) is 0 Å². The van der Waals surface area contributed by atoms with E-state index in [0.29, 0.717) is 0 Å². The molecule has 0 radical (unpaired) electrons. The van der Waals surface area contributed by atoms with Crippen molar-refractivity contribution in [1.29, 1.82) is 0 Å². The normalized spacial score (nSPS) is 11.2. The molecule has 4 heteroatoms. The van der Waals surface area contributed by atoms with Gasteiger partial charge in [-0.15, -0.1) is 0 Å². The van der Waals surface area contributed by atoms with Crippen molar-refractivity contribution in [2.75, 3.05) is 0 Å². The van der Waals surface area contributed by atoms with Gasteiger partial charge in [-0.1, -0.05) is 54.6 Å². The Balaban J connectivity index is 1.61. The maximum absolute atomic E-state index is 4.84. The molecule has 2 heterocycles. The topological polar surface area (TPSA) is 35.6 Å². The summed E-state index contributed by atoms with van der Waals surface area (Å²) in [5.41, 5.74) is 6.71. The van der Waals surface area contributed by atoms with E-state index in [4.69, 9.17) is 4.98 Å². The molecule has 0 atom stereocenters. The lowest BCUT2D eigenvalue weighted by Crippen LogP contribution is -1.93. The van der Waals surface area contributed by atoms with E-state index in [2.05, 4.69) is 71.2 Å². The van der Waals surface area contributed by atoms with Gasteiger partial charge in [-0.2, -0.15) is 0 Å². The molecule has 4 nitrogen and oxygen atoms in total. The highest BCUT2D eigenvalue weighted by Gasteiger charge is 2.11. The van der Waals surface area contributed by atoms with Gasteiger partial charge in [-0.05, 0) is 29.3 Å². The quantitative estimate of drug-likeness (QED) is 0.435. The third-order valence-corrected chi connectivity index (χ3v) is 5.19. The number of fused-ring (bicyclic) bond motifs is 1. The summed E-state index contributed by atoms with van der Waals surface area (Å²) in [4.78, 5) is 9.31. The van der Waals surface area contributed by atoms with Crippen molar-refractivity contribution in [1.82, 2.24) is 19.1 Å². The van der Waals surface area contributed by atoms with E-state index in [1.807, 2.05) is 42.2 Å². The van der Waals surface area contributed by atoms with Crippen LogP contribution in [-0.4, -0.2) is 19.1 Å². The first-order valence-corrected chi connectivity index (χ1v) is 9.31. The number of imidazole rings is 2. The predicted octanol–water partition coefficient (Wildman–Crippen LogP) is 5.31. The lowest BCUT2D eigenvalue weighted by molar-refractivity contribution is 0.925. The van der Waals surface area contributed by atoms with Crippen LogP contribution in [0.1, 0.15) is 0 Å². The highest BCUT2D eigenvalue weighted by atomic mass is 15.1. The summed E-state index contributed by atoms with van der Waals surface area (Å²) in [5.74, 6) is 1.95. The molecule has 0 bridgehead atoms. The number of aryl methyl sites for hydroxylation is 2. The zero-order valence-corrected chi connectivity index (χ0v) is 15.9. The van der Waals surface area contributed by atoms with Crippen LogP contribution in [0, 0.1) is 0 Å². The summed E-state index contributed by atoms with van der Waals surface area (Å²) < 4.78 is 4.20. The molecule has 0 aliphatic carbocycles. The molecular weight excluding hydrogens is 344 g/mol.